The Labute approximate surface area is 142 Å². The van der Waals surface area contributed by atoms with Gasteiger partial charge in [0.2, 0.25) is 6.10 Å². The number of carboxylic acids is 1. The predicted octanol–water partition coefficient (Wildman–Crippen LogP) is -1.21. The number of carbonyl (C=O) groups excluding carboxylic acids is 4. The fraction of sp³-hybridized carbons (Fsp3) is 0.643. The molecule has 0 aromatic rings. The standard InChI is InChI=1S/C14H20O11/c1-6(16)22-10(5-15)11(23-7(2)17)12(24-8(3)18)13(14(20)21)25-9(4)19/h10-13,15H,5H2,1-4H3,(H,20,21)/t10-,11-,12+,13-/m1/s1. The van der Waals surface area contributed by atoms with Crippen molar-refractivity contribution in [3.63, 3.8) is 0 Å². The summed E-state index contributed by atoms with van der Waals surface area (Å²) in [6, 6.07) is 0. The molecule has 142 valence electrons. The average molecular weight is 364 g/mol. The highest BCUT2D eigenvalue weighted by Crippen LogP contribution is 2.19. The molecule has 2 N–H and O–H groups in total. The van der Waals surface area contributed by atoms with Crippen LogP contribution < -0.4 is 0 Å². The molecule has 0 bridgehead atoms. The Balaban J connectivity index is 5.98. The van der Waals surface area contributed by atoms with E-state index >= 15 is 0 Å². The summed E-state index contributed by atoms with van der Waals surface area (Å²) < 4.78 is 19.1. The lowest BCUT2D eigenvalue weighted by Gasteiger charge is -2.33. The van der Waals surface area contributed by atoms with E-state index in [2.05, 4.69) is 4.74 Å². The van der Waals surface area contributed by atoms with Gasteiger partial charge in [-0.05, 0) is 0 Å². The van der Waals surface area contributed by atoms with E-state index in [0.717, 1.165) is 27.7 Å². The minimum absolute atomic E-state index is 0.878. The lowest BCUT2D eigenvalue weighted by molar-refractivity contribution is -0.205. The Hall–Kier alpha value is -2.69. The van der Waals surface area contributed by atoms with E-state index in [4.69, 9.17) is 14.2 Å². The molecule has 25 heavy (non-hydrogen) atoms. The Morgan fingerprint density at radius 3 is 1.44 bits per heavy atom. The van der Waals surface area contributed by atoms with E-state index < -0.39 is 60.9 Å². The molecule has 0 aliphatic rings. The second-order valence-corrected chi connectivity index (χ2v) is 4.85. The van der Waals surface area contributed by atoms with Crippen LogP contribution in [-0.2, 0) is 42.9 Å². The van der Waals surface area contributed by atoms with Crippen LogP contribution in [0.4, 0.5) is 0 Å². The Morgan fingerprint density at radius 2 is 1.12 bits per heavy atom. The molecule has 0 fully saturated rings. The first-order valence-corrected chi connectivity index (χ1v) is 7.02. The molecule has 0 saturated carbocycles. The Bertz CT molecular complexity index is 527. The van der Waals surface area contributed by atoms with Crippen LogP contribution in [0.25, 0.3) is 0 Å². The lowest BCUT2D eigenvalue weighted by Crippen LogP contribution is -2.54. The molecule has 0 aliphatic carbocycles. The fourth-order valence-electron chi connectivity index (χ4n) is 1.90. The van der Waals surface area contributed by atoms with Crippen molar-refractivity contribution >= 4 is 29.8 Å². The van der Waals surface area contributed by atoms with Crippen LogP contribution in [0, 0.1) is 0 Å². The third-order valence-corrected chi connectivity index (χ3v) is 2.63. The Kier molecular flexibility index (Phi) is 9.13. The van der Waals surface area contributed by atoms with Crippen LogP contribution >= 0.6 is 0 Å². The molecule has 4 atom stereocenters. The van der Waals surface area contributed by atoms with E-state index in [1.54, 1.807) is 0 Å². The largest absolute Gasteiger partial charge is 0.478 e. The lowest BCUT2D eigenvalue weighted by atomic mass is 10.0. The molecule has 0 heterocycles. The van der Waals surface area contributed by atoms with Crippen LogP contribution in [0.3, 0.4) is 0 Å². The third kappa shape index (κ3) is 8.11. The normalized spacial score (nSPS) is 15.1. The van der Waals surface area contributed by atoms with E-state index in [-0.39, 0.29) is 0 Å². The maximum absolute atomic E-state index is 11.4. The molecule has 11 nitrogen and oxygen atoms in total. The summed E-state index contributed by atoms with van der Waals surface area (Å²) in [6.45, 7) is 2.92. The summed E-state index contributed by atoms with van der Waals surface area (Å²) in [5.41, 5.74) is 0. The highest BCUT2D eigenvalue weighted by molar-refractivity contribution is 5.78. The van der Waals surface area contributed by atoms with Gasteiger partial charge in [0.15, 0.2) is 18.3 Å². The summed E-state index contributed by atoms with van der Waals surface area (Å²) in [5, 5.41) is 18.6. The SMILES string of the molecule is CC(=O)O[C@@H]([C@H](OC(C)=O)[C@@H](OC(C)=O)C(=O)O)[C@@H](CO)OC(C)=O. The van der Waals surface area contributed by atoms with Crippen molar-refractivity contribution in [1.82, 2.24) is 0 Å². The highest BCUT2D eigenvalue weighted by atomic mass is 16.6. The predicted molar refractivity (Wildman–Crippen MR) is 76.9 cm³/mol. The number of aliphatic hydroxyl groups excluding tert-OH is 1. The summed E-state index contributed by atoms with van der Waals surface area (Å²) in [5.74, 6) is -5.53. The maximum atomic E-state index is 11.4. The van der Waals surface area contributed by atoms with Crippen molar-refractivity contribution in [3.8, 4) is 0 Å². The van der Waals surface area contributed by atoms with Crippen molar-refractivity contribution in [2.45, 2.75) is 52.1 Å². The van der Waals surface area contributed by atoms with Gasteiger partial charge in [-0.2, -0.15) is 0 Å². The smallest absolute Gasteiger partial charge is 0.349 e. The summed E-state index contributed by atoms with van der Waals surface area (Å²) in [7, 11) is 0. The Morgan fingerprint density at radius 1 is 0.720 bits per heavy atom. The number of aliphatic hydroxyl groups is 1. The monoisotopic (exact) mass is 364 g/mol. The van der Waals surface area contributed by atoms with Crippen LogP contribution in [0.5, 0.6) is 0 Å². The first-order chi connectivity index (χ1) is 11.5. The van der Waals surface area contributed by atoms with Crippen molar-refractivity contribution in [1.29, 1.82) is 0 Å². The molecule has 0 saturated heterocycles. The van der Waals surface area contributed by atoms with E-state index in [9.17, 15) is 34.2 Å². The van der Waals surface area contributed by atoms with Crippen molar-refractivity contribution in [2.75, 3.05) is 6.61 Å². The summed E-state index contributed by atoms with van der Waals surface area (Å²) in [6.07, 6.45) is -7.26. The highest BCUT2D eigenvalue weighted by Gasteiger charge is 2.46. The van der Waals surface area contributed by atoms with Crippen LogP contribution in [-0.4, -0.2) is 71.1 Å². The average Bonchev–Trinajstić information content (AvgIpc) is 2.45. The number of hydrogen-bond acceptors (Lipinski definition) is 10. The maximum Gasteiger partial charge on any atom is 0.349 e. The molecule has 0 aromatic carbocycles. The van der Waals surface area contributed by atoms with E-state index in [1.165, 1.54) is 0 Å². The molecular formula is C14H20O11. The summed E-state index contributed by atoms with van der Waals surface area (Å²) in [4.78, 5) is 56.3. The first kappa shape index (κ1) is 22.3. The number of esters is 4. The van der Waals surface area contributed by atoms with Gasteiger partial charge in [-0.3, -0.25) is 19.2 Å². The van der Waals surface area contributed by atoms with Crippen molar-refractivity contribution in [3.05, 3.63) is 0 Å². The van der Waals surface area contributed by atoms with E-state index in [0.29, 0.717) is 0 Å². The number of rotatable bonds is 9. The van der Waals surface area contributed by atoms with Gasteiger partial charge >= 0.3 is 29.8 Å². The second kappa shape index (κ2) is 10.2. The van der Waals surface area contributed by atoms with Gasteiger partial charge in [0.1, 0.15) is 0 Å². The quantitative estimate of drug-likeness (QED) is 0.373. The van der Waals surface area contributed by atoms with Gasteiger partial charge in [-0.15, -0.1) is 0 Å². The molecular weight excluding hydrogens is 344 g/mol. The fourth-order valence-corrected chi connectivity index (χ4v) is 1.90. The number of carboxylic acid groups (broad SMARTS) is 1. The number of hydrogen-bond donors (Lipinski definition) is 2. The zero-order valence-corrected chi connectivity index (χ0v) is 14.1. The number of carbonyl (C=O) groups is 5. The van der Waals surface area contributed by atoms with Crippen LogP contribution in [0.1, 0.15) is 27.7 Å². The van der Waals surface area contributed by atoms with Gasteiger partial charge in [0.25, 0.3) is 0 Å². The second-order valence-electron chi connectivity index (χ2n) is 4.85. The molecule has 0 aromatic heterocycles. The summed E-state index contributed by atoms with van der Waals surface area (Å²) >= 11 is 0. The minimum Gasteiger partial charge on any atom is -0.478 e. The zero-order valence-electron chi connectivity index (χ0n) is 14.1. The van der Waals surface area contributed by atoms with Gasteiger partial charge in [-0.25, -0.2) is 4.79 Å². The molecule has 0 radical (unpaired) electrons. The minimum atomic E-state index is -2.07. The number of aliphatic carboxylic acids is 1. The van der Waals surface area contributed by atoms with Gasteiger partial charge in [-0.1, -0.05) is 0 Å². The topological polar surface area (TPSA) is 163 Å². The molecule has 0 aliphatic heterocycles. The molecule has 0 amide bonds. The van der Waals surface area contributed by atoms with Crippen molar-refractivity contribution < 1.29 is 53.1 Å². The van der Waals surface area contributed by atoms with Gasteiger partial charge < -0.3 is 29.2 Å². The zero-order chi connectivity index (χ0) is 19.7. The van der Waals surface area contributed by atoms with Crippen LogP contribution in [0.2, 0.25) is 0 Å². The molecule has 0 unspecified atom stereocenters. The molecule has 0 rings (SSSR count). The molecule has 11 heteroatoms. The number of ether oxygens (including phenoxy) is 4. The van der Waals surface area contributed by atoms with Crippen LogP contribution in [0.15, 0.2) is 0 Å². The third-order valence-electron chi connectivity index (χ3n) is 2.63. The van der Waals surface area contributed by atoms with Gasteiger partial charge in [0.05, 0.1) is 6.61 Å². The van der Waals surface area contributed by atoms with Crippen molar-refractivity contribution in [2.24, 2.45) is 0 Å². The van der Waals surface area contributed by atoms with E-state index in [1.807, 2.05) is 0 Å². The first-order valence-electron chi connectivity index (χ1n) is 7.02. The molecule has 0 spiro atoms. The van der Waals surface area contributed by atoms with Gasteiger partial charge in [0, 0.05) is 27.7 Å².